The van der Waals surface area contributed by atoms with Gasteiger partial charge in [-0.1, -0.05) is 30.3 Å². The summed E-state index contributed by atoms with van der Waals surface area (Å²) in [6.45, 7) is 4.24. The van der Waals surface area contributed by atoms with E-state index in [-0.39, 0.29) is 0 Å². The molecule has 20 heavy (non-hydrogen) atoms. The standard InChI is InChI=1S/C17H24N2S/c1-14(11-17-9-6-10-20-17)19(3)13-16-8-5-4-7-15(16)12-18-2/h4-10,14,18H,11-13H2,1-3H3. The maximum Gasteiger partial charge on any atom is 0.0236 e. The number of thiophene rings is 1. The van der Waals surface area contributed by atoms with Crippen LogP contribution in [0, 0.1) is 0 Å². The van der Waals surface area contributed by atoms with Crippen LogP contribution in [0.2, 0.25) is 0 Å². The van der Waals surface area contributed by atoms with Crippen molar-refractivity contribution >= 4 is 11.3 Å². The normalized spacial score (nSPS) is 12.8. The molecule has 0 saturated heterocycles. The van der Waals surface area contributed by atoms with Crippen molar-refractivity contribution < 1.29 is 0 Å². The molecule has 0 aliphatic carbocycles. The maximum atomic E-state index is 3.25. The van der Waals surface area contributed by atoms with Gasteiger partial charge in [-0.25, -0.2) is 0 Å². The number of nitrogens with zero attached hydrogens (tertiary/aromatic N) is 1. The first-order valence-electron chi connectivity index (χ1n) is 7.14. The molecule has 0 fully saturated rings. The van der Waals surface area contributed by atoms with Crippen LogP contribution in [-0.4, -0.2) is 25.0 Å². The van der Waals surface area contributed by atoms with Gasteiger partial charge in [0.25, 0.3) is 0 Å². The van der Waals surface area contributed by atoms with Gasteiger partial charge in [0.2, 0.25) is 0 Å². The number of benzene rings is 1. The van der Waals surface area contributed by atoms with Gasteiger partial charge in [-0.05, 0) is 50.0 Å². The molecule has 2 aromatic rings. The number of hydrogen-bond acceptors (Lipinski definition) is 3. The molecular formula is C17H24N2S. The molecule has 3 heteroatoms. The maximum absolute atomic E-state index is 3.25. The summed E-state index contributed by atoms with van der Waals surface area (Å²) in [4.78, 5) is 3.90. The van der Waals surface area contributed by atoms with E-state index in [9.17, 15) is 0 Å². The summed E-state index contributed by atoms with van der Waals surface area (Å²) in [5, 5.41) is 5.40. The summed E-state index contributed by atoms with van der Waals surface area (Å²) in [6, 6.07) is 13.6. The summed E-state index contributed by atoms with van der Waals surface area (Å²) in [5.74, 6) is 0. The number of hydrogen-bond donors (Lipinski definition) is 1. The first kappa shape index (κ1) is 15.2. The topological polar surface area (TPSA) is 15.3 Å². The van der Waals surface area contributed by atoms with E-state index < -0.39 is 0 Å². The van der Waals surface area contributed by atoms with Crippen molar-refractivity contribution in [2.45, 2.75) is 32.5 Å². The van der Waals surface area contributed by atoms with Crippen LogP contribution in [0.4, 0.5) is 0 Å². The molecule has 1 aromatic carbocycles. The fourth-order valence-electron chi connectivity index (χ4n) is 2.37. The predicted molar refractivity (Wildman–Crippen MR) is 88.2 cm³/mol. The highest BCUT2D eigenvalue weighted by molar-refractivity contribution is 7.09. The van der Waals surface area contributed by atoms with E-state index in [0.29, 0.717) is 6.04 Å². The van der Waals surface area contributed by atoms with Crippen molar-refractivity contribution in [1.29, 1.82) is 0 Å². The molecule has 0 radical (unpaired) electrons. The van der Waals surface area contributed by atoms with Gasteiger partial charge in [0.1, 0.15) is 0 Å². The molecule has 0 saturated carbocycles. The van der Waals surface area contributed by atoms with Gasteiger partial charge in [-0.2, -0.15) is 0 Å². The van der Waals surface area contributed by atoms with E-state index in [2.05, 4.69) is 66.0 Å². The van der Waals surface area contributed by atoms with Gasteiger partial charge in [0, 0.05) is 24.0 Å². The highest BCUT2D eigenvalue weighted by Crippen LogP contribution is 2.17. The molecule has 0 spiro atoms. The fourth-order valence-corrected chi connectivity index (χ4v) is 3.20. The Labute approximate surface area is 126 Å². The van der Waals surface area contributed by atoms with Crippen LogP contribution in [0.1, 0.15) is 22.9 Å². The molecule has 1 atom stereocenters. The summed E-state index contributed by atoms with van der Waals surface area (Å²) < 4.78 is 0. The number of likely N-dealkylation sites (N-methyl/N-ethyl adjacent to an activating group) is 1. The molecule has 0 bridgehead atoms. The lowest BCUT2D eigenvalue weighted by molar-refractivity contribution is 0.248. The quantitative estimate of drug-likeness (QED) is 0.838. The number of nitrogens with one attached hydrogen (secondary N) is 1. The third-order valence-corrected chi connectivity index (χ3v) is 4.63. The van der Waals surface area contributed by atoms with Crippen LogP contribution in [0.5, 0.6) is 0 Å². The molecule has 0 aliphatic rings. The van der Waals surface area contributed by atoms with Gasteiger partial charge in [0.05, 0.1) is 0 Å². The van der Waals surface area contributed by atoms with Gasteiger partial charge in [-0.3, -0.25) is 4.90 Å². The smallest absolute Gasteiger partial charge is 0.0236 e. The zero-order valence-corrected chi connectivity index (χ0v) is 13.4. The Morgan fingerprint density at radius 1 is 1.15 bits per heavy atom. The lowest BCUT2D eigenvalue weighted by Crippen LogP contribution is -2.30. The van der Waals surface area contributed by atoms with Gasteiger partial charge in [0.15, 0.2) is 0 Å². The zero-order chi connectivity index (χ0) is 14.4. The predicted octanol–water partition coefficient (Wildman–Crippen LogP) is 3.53. The van der Waals surface area contributed by atoms with Gasteiger partial charge in [-0.15, -0.1) is 11.3 Å². The molecular weight excluding hydrogens is 264 g/mol. The average Bonchev–Trinajstić information content (AvgIpc) is 2.94. The van der Waals surface area contributed by atoms with E-state index in [1.807, 2.05) is 18.4 Å². The molecule has 1 heterocycles. The van der Waals surface area contributed by atoms with E-state index in [1.165, 1.54) is 16.0 Å². The Bertz CT molecular complexity index is 507. The second kappa shape index (κ2) is 7.58. The van der Waals surface area contributed by atoms with Crippen LogP contribution in [0.25, 0.3) is 0 Å². The first-order chi connectivity index (χ1) is 9.70. The lowest BCUT2D eigenvalue weighted by atomic mass is 10.1. The highest BCUT2D eigenvalue weighted by atomic mass is 32.1. The average molecular weight is 288 g/mol. The van der Waals surface area contributed by atoms with E-state index in [1.54, 1.807) is 0 Å². The Morgan fingerprint density at radius 2 is 1.90 bits per heavy atom. The van der Waals surface area contributed by atoms with Crippen LogP contribution >= 0.6 is 11.3 Å². The highest BCUT2D eigenvalue weighted by Gasteiger charge is 2.12. The van der Waals surface area contributed by atoms with Crippen LogP contribution in [-0.2, 0) is 19.5 Å². The Balaban J connectivity index is 1.98. The van der Waals surface area contributed by atoms with E-state index >= 15 is 0 Å². The van der Waals surface area contributed by atoms with Crippen molar-refractivity contribution in [2.24, 2.45) is 0 Å². The summed E-state index contributed by atoms with van der Waals surface area (Å²) >= 11 is 1.85. The van der Waals surface area contributed by atoms with Crippen LogP contribution in [0.15, 0.2) is 41.8 Å². The Kier molecular flexibility index (Phi) is 5.77. The van der Waals surface area contributed by atoms with Crippen LogP contribution < -0.4 is 5.32 Å². The van der Waals surface area contributed by atoms with Gasteiger partial charge < -0.3 is 5.32 Å². The minimum Gasteiger partial charge on any atom is -0.316 e. The molecule has 1 aromatic heterocycles. The third kappa shape index (κ3) is 4.17. The molecule has 1 unspecified atom stereocenters. The zero-order valence-electron chi connectivity index (χ0n) is 12.6. The molecule has 0 amide bonds. The first-order valence-corrected chi connectivity index (χ1v) is 8.02. The number of rotatable bonds is 7. The van der Waals surface area contributed by atoms with Crippen molar-refractivity contribution in [3.05, 3.63) is 57.8 Å². The van der Waals surface area contributed by atoms with Crippen molar-refractivity contribution in [3.8, 4) is 0 Å². The third-order valence-electron chi connectivity index (χ3n) is 3.73. The second-order valence-electron chi connectivity index (χ2n) is 5.35. The molecule has 108 valence electrons. The summed E-state index contributed by atoms with van der Waals surface area (Å²) in [7, 11) is 4.22. The second-order valence-corrected chi connectivity index (χ2v) is 6.38. The van der Waals surface area contributed by atoms with Crippen molar-refractivity contribution in [1.82, 2.24) is 10.2 Å². The van der Waals surface area contributed by atoms with Crippen LogP contribution in [0.3, 0.4) is 0 Å². The minimum absolute atomic E-state index is 0.552. The van der Waals surface area contributed by atoms with E-state index in [4.69, 9.17) is 0 Å². The van der Waals surface area contributed by atoms with Gasteiger partial charge >= 0.3 is 0 Å². The molecule has 1 N–H and O–H groups in total. The minimum atomic E-state index is 0.552. The Morgan fingerprint density at radius 3 is 2.55 bits per heavy atom. The van der Waals surface area contributed by atoms with Crippen molar-refractivity contribution in [3.63, 3.8) is 0 Å². The lowest BCUT2D eigenvalue weighted by Gasteiger charge is -2.25. The SMILES string of the molecule is CNCc1ccccc1CN(C)C(C)Cc1cccs1. The van der Waals surface area contributed by atoms with Crippen molar-refractivity contribution in [2.75, 3.05) is 14.1 Å². The monoisotopic (exact) mass is 288 g/mol. The molecule has 2 rings (SSSR count). The fraction of sp³-hybridized carbons (Fsp3) is 0.412. The largest absolute Gasteiger partial charge is 0.316 e. The Hall–Kier alpha value is -1.16. The van der Waals surface area contributed by atoms with E-state index in [0.717, 1.165) is 19.5 Å². The summed E-state index contributed by atoms with van der Waals surface area (Å²) in [5.41, 5.74) is 2.81. The molecule has 0 aliphatic heterocycles. The molecule has 2 nitrogen and oxygen atoms in total. The summed E-state index contributed by atoms with van der Waals surface area (Å²) in [6.07, 6.45) is 1.13.